The molecule has 0 aromatic heterocycles. The highest BCUT2D eigenvalue weighted by Gasteiger charge is 1.99. The van der Waals surface area contributed by atoms with E-state index in [1.54, 1.807) is 0 Å². The highest BCUT2D eigenvalue weighted by atomic mass is 19.1. The number of benzene rings is 1. The number of hydrogen-bond acceptors (Lipinski definition) is 2. The molecule has 12 heavy (non-hydrogen) atoms. The second kappa shape index (κ2) is 3.65. The lowest BCUT2D eigenvalue weighted by Crippen LogP contribution is -2.11. The summed E-state index contributed by atoms with van der Waals surface area (Å²) in [6.45, 7) is 2.17. The van der Waals surface area contributed by atoms with Gasteiger partial charge in [0, 0.05) is 13.6 Å². The quantitative estimate of drug-likeness (QED) is 0.684. The molecule has 1 rings (SSSR count). The molecule has 0 bridgehead atoms. The van der Waals surface area contributed by atoms with Gasteiger partial charge in [0.1, 0.15) is 5.82 Å². The van der Waals surface area contributed by atoms with Crippen LogP contribution in [-0.2, 0) is 6.54 Å². The van der Waals surface area contributed by atoms with Gasteiger partial charge in [0.15, 0.2) is 0 Å². The summed E-state index contributed by atoms with van der Waals surface area (Å²) in [6, 6.07) is 4.72. The molecule has 3 heteroatoms. The molecule has 2 nitrogen and oxygen atoms in total. The minimum atomic E-state index is -0.258. The number of aryl methyl sites for hydroxylation is 1. The highest BCUT2D eigenvalue weighted by molar-refractivity contribution is 5.23. The Labute approximate surface area is 71.2 Å². The van der Waals surface area contributed by atoms with Crippen molar-refractivity contribution in [2.45, 2.75) is 13.5 Å². The van der Waals surface area contributed by atoms with Crippen LogP contribution < -0.4 is 0 Å². The van der Waals surface area contributed by atoms with E-state index in [0.29, 0.717) is 6.54 Å². The van der Waals surface area contributed by atoms with E-state index in [1.165, 1.54) is 19.2 Å². The lowest BCUT2D eigenvalue weighted by atomic mass is 10.1. The van der Waals surface area contributed by atoms with Crippen LogP contribution in [0.5, 0.6) is 0 Å². The summed E-state index contributed by atoms with van der Waals surface area (Å²) in [5.74, 6) is -0.258. The summed E-state index contributed by atoms with van der Waals surface area (Å²) in [4.78, 5) is 0. The van der Waals surface area contributed by atoms with Crippen LogP contribution in [0.2, 0.25) is 0 Å². The van der Waals surface area contributed by atoms with Crippen molar-refractivity contribution in [1.29, 1.82) is 0 Å². The first-order chi connectivity index (χ1) is 5.58. The zero-order chi connectivity index (χ0) is 9.14. The first-order valence-corrected chi connectivity index (χ1v) is 3.74. The monoisotopic (exact) mass is 169 g/mol. The first-order valence-electron chi connectivity index (χ1n) is 3.74. The Morgan fingerprint density at radius 1 is 1.42 bits per heavy atom. The fraction of sp³-hybridized carbons (Fsp3) is 0.333. The topological polar surface area (TPSA) is 23.5 Å². The van der Waals surface area contributed by atoms with Crippen molar-refractivity contribution in [3.8, 4) is 0 Å². The minimum Gasteiger partial charge on any atom is -0.314 e. The van der Waals surface area contributed by atoms with Gasteiger partial charge in [-0.25, -0.2) is 4.39 Å². The van der Waals surface area contributed by atoms with Crippen LogP contribution in [0.15, 0.2) is 18.2 Å². The smallest absolute Gasteiger partial charge is 0.123 e. The summed E-state index contributed by atoms with van der Waals surface area (Å²) in [5, 5.41) is 9.92. The van der Waals surface area contributed by atoms with Gasteiger partial charge in [-0.05, 0) is 30.2 Å². The predicted molar refractivity (Wildman–Crippen MR) is 44.4 cm³/mol. The van der Waals surface area contributed by atoms with Crippen LogP contribution in [0.25, 0.3) is 0 Å². The Morgan fingerprint density at radius 3 is 2.58 bits per heavy atom. The van der Waals surface area contributed by atoms with Crippen LogP contribution in [0.3, 0.4) is 0 Å². The van der Waals surface area contributed by atoms with Crippen molar-refractivity contribution in [3.05, 3.63) is 35.1 Å². The van der Waals surface area contributed by atoms with E-state index in [4.69, 9.17) is 5.21 Å². The number of hydroxylamine groups is 2. The standard InChI is InChI=1S/C9H12FNO/c1-7-3-8(6-11(2)12)5-9(10)4-7/h3-5,12H,6H2,1-2H3. The van der Waals surface area contributed by atoms with Crippen LogP contribution in [-0.4, -0.2) is 17.3 Å². The third kappa shape index (κ3) is 2.60. The van der Waals surface area contributed by atoms with Crippen LogP contribution >= 0.6 is 0 Å². The molecule has 0 heterocycles. The second-order valence-corrected chi connectivity index (χ2v) is 2.95. The first kappa shape index (κ1) is 9.16. The van der Waals surface area contributed by atoms with Gasteiger partial charge in [-0.3, -0.25) is 0 Å². The minimum absolute atomic E-state index is 0.258. The molecule has 0 atom stereocenters. The summed E-state index contributed by atoms with van der Waals surface area (Å²) >= 11 is 0. The number of nitrogens with zero attached hydrogens (tertiary/aromatic N) is 1. The van der Waals surface area contributed by atoms with E-state index in [0.717, 1.165) is 16.2 Å². The van der Waals surface area contributed by atoms with Crippen molar-refractivity contribution in [3.63, 3.8) is 0 Å². The third-order valence-electron chi connectivity index (χ3n) is 1.51. The molecule has 0 unspecified atom stereocenters. The largest absolute Gasteiger partial charge is 0.314 e. The van der Waals surface area contributed by atoms with Crippen molar-refractivity contribution >= 4 is 0 Å². The van der Waals surface area contributed by atoms with Gasteiger partial charge in [-0.1, -0.05) is 6.07 Å². The molecule has 0 aliphatic heterocycles. The Bertz CT molecular complexity index is 253. The van der Waals surface area contributed by atoms with Gasteiger partial charge in [-0.15, -0.1) is 0 Å². The number of hydrogen-bond donors (Lipinski definition) is 1. The van der Waals surface area contributed by atoms with E-state index in [2.05, 4.69) is 0 Å². The predicted octanol–water partition coefficient (Wildman–Crippen LogP) is 1.96. The van der Waals surface area contributed by atoms with E-state index in [-0.39, 0.29) is 5.82 Å². The number of rotatable bonds is 2. The molecular formula is C9H12FNO. The van der Waals surface area contributed by atoms with Crippen molar-refractivity contribution in [2.24, 2.45) is 0 Å². The summed E-state index contributed by atoms with van der Waals surface area (Å²) in [5.41, 5.74) is 1.64. The van der Waals surface area contributed by atoms with Gasteiger partial charge >= 0.3 is 0 Å². The Kier molecular flexibility index (Phi) is 2.78. The van der Waals surface area contributed by atoms with Crippen LogP contribution in [0, 0.1) is 12.7 Å². The second-order valence-electron chi connectivity index (χ2n) is 2.95. The fourth-order valence-corrected chi connectivity index (χ4v) is 1.17. The molecule has 0 radical (unpaired) electrons. The van der Waals surface area contributed by atoms with Gasteiger partial charge in [0.05, 0.1) is 0 Å². The maximum Gasteiger partial charge on any atom is 0.123 e. The Hall–Kier alpha value is -0.930. The Morgan fingerprint density at radius 2 is 2.08 bits per heavy atom. The highest BCUT2D eigenvalue weighted by Crippen LogP contribution is 2.09. The van der Waals surface area contributed by atoms with Gasteiger partial charge < -0.3 is 5.21 Å². The molecule has 1 N–H and O–H groups in total. The molecule has 0 spiro atoms. The number of halogens is 1. The molecule has 0 saturated carbocycles. The third-order valence-corrected chi connectivity index (χ3v) is 1.51. The summed E-state index contributed by atoms with van der Waals surface area (Å²) in [6.07, 6.45) is 0. The molecule has 0 saturated heterocycles. The van der Waals surface area contributed by atoms with E-state index >= 15 is 0 Å². The maximum atomic E-state index is 12.8. The molecule has 66 valence electrons. The van der Waals surface area contributed by atoms with E-state index < -0.39 is 0 Å². The maximum absolute atomic E-state index is 12.8. The lowest BCUT2D eigenvalue weighted by Gasteiger charge is -2.08. The average molecular weight is 169 g/mol. The fourth-order valence-electron chi connectivity index (χ4n) is 1.17. The molecular weight excluding hydrogens is 157 g/mol. The Balaban J connectivity index is 2.85. The van der Waals surface area contributed by atoms with Gasteiger partial charge in [0.2, 0.25) is 0 Å². The SMILES string of the molecule is Cc1cc(F)cc(CN(C)O)c1. The van der Waals surface area contributed by atoms with Crippen molar-refractivity contribution in [2.75, 3.05) is 7.05 Å². The molecule has 1 aromatic carbocycles. The molecule has 0 amide bonds. The zero-order valence-corrected chi connectivity index (χ0v) is 7.21. The van der Waals surface area contributed by atoms with Crippen molar-refractivity contribution < 1.29 is 9.60 Å². The van der Waals surface area contributed by atoms with Gasteiger partial charge in [0.25, 0.3) is 0 Å². The zero-order valence-electron chi connectivity index (χ0n) is 7.21. The van der Waals surface area contributed by atoms with Crippen molar-refractivity contribution in [1.82, 2.24) is 5.06 Å². The normalized spacial score (nSPS) is 10.8. The van der Waals surface area contributed by atoms with Gasteiger partial charge in [-0.2, -0.15) is 5.06 Å². The van der Waals surface area contributed by atoms with E-state index in [9.17, 15) is 4.39 Å². The summed E-state index contributed by atoms with van der Waals surface area (Å²) in [7, 11) is 1.53. The summed E-state index contributed by atoms with van der Waals surface area (Å²) < 4.78 is 12.8. The molecule has 0 fully saturated rings. The average Bonchev–Trinajstić information content (AvgIpc) is 1.81. The molecule has 1 aromatic rings. The molecule has 0 aliphatic rings. The lowest BCUT2D eigenvalue weighted by molar-refractivity contribution is -0.0732. The van der Waals surface area contributed by atoms with Crippen LogP contribution in [0.1, 0.15) is 11.1 Å². The molecule has 0 aliphatic carbocycles. The van der Waals surface area contributed by atoms with Crippen LogP contribution in [0.4, 0.5) is 4.39 Å². The van der Waals surface area contributed by atoms with E-state index in [1.807, 2.05) is 13.0 Å².